The number of carboxylic acids is 1. The minimum Gasteiger partial charge on any atom is -0.481 e. The second-order valence-electron chi connectivity index (χ2n) is 4.84. The van der Waals surface area contributed by atoms with Crippen molar-refractivity contribution in [2.45, 2.75) is 32.2 Å². The second kappa shape index (κ2) is 8.46. The molecule has 0 aliphatic carbocycles. The SMILES string of the molecule is CCCC(CC(=O)O)NC(=O)CN(C)c1ccc(Cl)cn1. The lowest BCUT2D eigenvalue weighted by molar-refractivity contribution is -0.137. The highest BCUT2D eigenvalue weighted by Crippen LogP contribution is 2.12. The Kier molecular flexibility index (Phi) is 6.94. The van der Waals surface area contributed by atoms with Crippen LogP contribution in [-0.2, 0) is 9.59 Å². The molecule has 0 saturated carbocycles. The van der Waals surface area contributed by atoms with Gasteiger partial charge in [0.2, 0.25) is 5.91 Å². The van der Waals surface area contributed by atoms with Crippen LogP contribution in [0.5, 0.6) is 0 Å². The lowest BCUT2D eigenvalue weighted by Crippen LogP contribution is -2.42. The van der Waals surface area contributed by atoms with E-state index in [1.54, 1.807) is 24.1 Å². The third-order valence-electron chi connectivity index (χ3n) is 2.91. The van der Waals surface area contributed by atoms with Gasteiger partial charge in [-0.1, -0.05) is 24.9 Å². The first-order chi connectivity index (χ1) is 9.92. The van der Waals surface area contributed by atoms with Gasteiger partial charge in [0, 0.05) is 19.3 Å². The highest BCUT2D eigenvalue weighted by molar-refractivity contribution is 6.30. The van der Waals surface area contributed by atoms with Gasteiger partial charge in [-0.05, 0) is 18.6 Å². The van der Waals surface area contributed by atoms with E-state index in [9.17, 15) is 9.59 Å². The third kappa shape index (κ3) is 6.44. The van der Waals surface area contributed by atoms with E-state index in [0.29, 0.717) is 17.3 Å². The Hall–Kier alpha value is -1.82. The number of aromatic nitrogens is 1. The van der Waals surface area contributed by atoms with Gasteiger partial charge in [-0.25, -0.2) is 4.98 Å². The number of amides is 1. The third-order valence-corrected chi connectivity index (χ3v) is 3.13. The van der Waals surface area contributed by atoms with Gasteiger partial charge in [0.1, 0.15) is 5.82 Å². The van der Waals surface area contributed by atoms with Crippen molar-refractivity contribution in [1.29, 1.82) is 0 Å². The van der Waals surface area contributed by atoms with E-state index in [1.807, 2.05) is 6.92 Å². The minimum atomic E-state index is -0.915. The summed E-state index contributed by atoms with van der Waals surface area (Å²) in [7, 11) is 1.74. The predicted molar refractivity (Wildman–Crippen MR) is 81.6 cm³/mol. The Morgan fingerprint density at radius 1 is 1.48 bits per heavy atom. The molecular formula is C14H20ClN3O3. The molecule has 1 amide bonds. The number of likely N-dealkylation sites (N-methyl/N-ethyl adjacent to an activating group) is 1. The van der Waals surface area contributed by atoms with Crippen LogP contribution in [0.1, 0.15) is 26.2 Å². The van der Waals surface area contributed by atoms with E-state index in [-0.39, 0.29) is 24.9 Å². The fraction of sp³-hybridized carbons (Fsp3) is 0.500. The number of carboxylic acid groups (broad SMARTS) is 1. The maximum absolute atomic E-state index is 12.0. The Labute approximate surface area is 129 Å². The monoisotopic (exact) mass is 313 g/mol. The van der Waals surface area contributed by atoms with Crippen molar-refractivity contribution in [2.75, 3.05) is 18.5 Å². The molecule has 0 bridgehead atoms. The molecule has 0 fully saturated rings. The first kappa shape index (κ1) is 17.2. The summed E-state index contributed by atoms with van der Waals surface area (Å²) in [6, 6.07) is 3.07. The van der Waals surface area contributed by atoms with Gasteiger partial charge in [0.05, 0.1) is 18.0 Å². The standard InChI is InChI=1S/C14H20ClN3O3/c1-3-4-11(7-14(20)21)17-13(19)9-18(2)12-6-5-10(15)8-16-12/h5-6,8,11H,3-4,7,9H2,1-2H3,(H,17,19)(H,20,21). The molecule has 2 N–H and O–H groups in total. The first-order valence-electron chi connectivity index (χ1n) is 6.76. The highest BCUT2D eigenvalue weighted by Gasteiger charge is 2.16. The molecule has 0 radical (unpaired) electrons. The van der Waals surface area contributed by atoms with Crippen LogP contribution in [0.4, 0.5) is 5.82 Å². The molecule has 1 rings (SSSR count). The summed E-state index contributed by atoms with van der Waals surface area (Å²) < 4.78 is 0. The van der Waals surface area contributed by atoms with Crippen LogP contribution in [-0.4, -0.2) is 41.6 Å². The van der Waals surface area contributed by atoms with Crippen molar-refractivity contribution in [3.63, 3.8) is 0 Å². The normalized spacial score (nSPS) is 11.8. The lowest BCUT2D eigenvalue weighted by atomic mass is 10.1. The zero-order valence-electron chi connectivity index (χ0n) is 12.2. The average Bonchev–Trinajstić information content (AvgIpc) is 2.38. The molecule has 0 saturated heterocycles. The molecule has 6 nitrogen and oxygen atoms in total. The van der Waals surface area contributed by atoms with Gasteiger partial charge in [-0.15, -0.1) is 0 Å². The van der Waals surface area contributed by atoms with Gasteiger partial charge < -0.3 is 15.3 Å². The van der Waals surface area contributed by atoms with Crippen molar-refractivity contribution in [2.24, 2.45) is 0 Å². The number of anilines is 1. The van der Waals surface area contributed by atoms with Crippen molar-refractivity contribution < 1.29 is 14.7 Å². The summed E-state index contributed by atoms with van der Waals surface area (Å²) in [6.07, 6.45) is 2.89. The Morgan fingerprint density at radius 3 is 2.71 bits per heavy atom. The molecular weight excluding hydrogens is 294 g/mol. The maximum Gasteiger partial charge on any atom is 0.305 e. The van der Waals surface area contributed by atoms with Crippen LogP contribution in [0.3, 0.4) is 0 Å². The quantitative estimate of drug-likeness (QED) is 0.766. The Bertz CT molecular complexity index is 479. The Balaban J connectivity index is 2.54. The molecule has 0 spiro atoms. The topological polar surface area (TPSA) is 82.5 Å². The zero-order chi connectivity index (χ0) is 15.8. The van der Waals surface area contributed by atoms with Crippen molar-refractivity contribution in [3.05, 3.63) is 23.4 Å². The van der Waals surface area contributed by atoms with E-state index in [4.69, 9.17) is 16.7 Å². The second-order valence-corrected chi connectivity index (χ2v) is 5.28. The number of pyridine rings is 1. The molecule has 1 aromatic heterocycles. The summed E-state index contributed by atoms with van der Waals surface area (Å²) in [6.45, 7) is 2.05. The first-order valence-corrected chi connectivity index (χ1v) is 7.14. The van der Waals surface area contributed by atoms with Crippen LogP contribution < -0.4 is 10.2 Å². The van der Waals surface area contributed by atoms with Crippen molar-refractivity contribution >= 4 is 29.3 Å². The highest BCUT2D eigenvalue weighted by atomic mass is 35.5. The number of hydrogen-bond donors (Lipinski definition) is 2. The summed E-state index contributed by atoms with van der Waals surface area (Å²) >= 11 is 5.76. The van der Waals surface area contributed by atoms with E-state index in [0.717, 1.165) is 6.42 Å². The largest absolute Gasteiger partial charge is 0.481 e. The van der Waals surface area contributed by atoms with Crippen molar-refractivity contribution in [3.8, 4) is 0 Å². The van der Waals surface area contributed by atoms with Crippen LogP contribution in [0.15, 0.2) is 18.3 Å². The maximum atomic E-state index is 12.0. The van der Waals surface area contributed by atoms with Crippen molar-refractivity contribution in [1.82, 2.24) is 10.3 Å². The van der Waals surface area contributed by atoms with Crippen LogP contribution in [0.2, 0.25) is 5.02 Å². The molecule has 0 aromatic carbocycles. The number of rotatable bonds is 8. The summed E-state index contributed by atoms with van der Waals surface area (Å²) in [5.74, 6) is -0.518. The molecule has 0 aliphatic rings. The van der Waals surface area contributed by atoms with E-state index in [2.05, 4.69) is 10.3 Å². The van der Waals surface area contributed by atoms with Gasteiger partial charge in [-0.2, -0.15) is 0 Å². The number of nitrogens with zero attached hydrogens (tertiary/aromatic N) is 2. The van der Waals surface area contributed by atoms with Crippen LogP contribution in [0, 0.1) is 0 Å². The summed E-state index contributed by atoms with van der Waals surface area (Å²) in [5.41, 5.74) is 0. The van der Waals surface area contributed by atoms with Gasteiger partial charge in [0.15, 0.2) is 0 Å². The summed E-state index contributed by atoms with van der Waals surface area (Å²) in [4.78, 5) is 28.5. The molecule has 0 aliphatic heterocycles. The zero-order valence-corrected chi connectivity index (χ0v) is 12.9. The molecule has 21 heavy (non-hydrogen) atoms. The van der Waals surface area contributed by atoms with E-state index < -0.39 is 5.97 Å². The molecule has 1 unspecified atom stereocenters. The van der Waals surface area contributed by atoms with Crippen LogP contribution >= 0.6 is 11.6 Å². The average molecular weight is 314 g/mol. The predicted octanol–water partition coefficient (Wildman–Crippen LogP) is 1.93. The summed E-state index contributed by atoms with van der Waals surface area (Å²) in [5, 5.41) is 12.1. The molecule has 1 heterocycles. The fourth-order valence-electron chi connectivity index (χ4n) is 1.95. The van der Waals surface area contributed by atoms with Gasteiger partial charge in [-0.3, -0.25) is 9.59 Å². The fourth-order valence-corrected chi connectivity index (χ4v) is 2.06. The molecule has 116 valence electrons. The molecule has 1 atom stereocenters. The number of aliphatic carboxylic acids is 1. The number of halogens is 1. The van der Waals surface area contributed by atoms with Crippen LogP contribution in [0.25, 0.3) is 0 Å². The number of nitrogens with one attached hydrogen (secondary N) is 1. The number of hydrogen-bond acceptors (Lipinski definition) is 4. The van der Waals surface area contributed by atoms with Gasteiger partial charge in [0.25, 0.3) is 0 Å². The van der Waals surface area contributed by atoms with Gasteiger partial charge >= 0.3 is 5.97 Å². The Morgan fingerprint density at radius 2 is 2.19 bits per heavy atom. The lowest BCUT2D eigenvalue weighted by Gasteiger charge is -2.21. The molecule has 7 heteroatoms. The number of carbonyl (C=O) groups is 2. The number of carbonyl (C=O) groups excluding carboxylic acids is 1. The van der Waals surface area contributed by atoms with E-state index >= 15 is 0 Å². The smallest absolute Gasteiger partial charge is 0.305 e. The minimum absolute atomic E-state index is 0.0670. The molecule has 1 aromatic rings. The van der Waals surface area contributed by atoms with E-state index in [1.165, 1.54) is 6.20 Å².